The minimum atomic E-state index is -1.78. The van der Waals surface area contributed by atoms with Gasteiger partial charge >= 0.3 is 0 Å². The zero-order chi connectivity index (χ0) is 22.2. The van der Waals surface area contributed by atoms with Gasteiger partial charge in [0.15, 0.2) is 0 Å². The standard InChI is InChI=1S/C29H36OP.BrH/c1-25(15-14-23-29(2,3)30-4)22-24-31(26-16-8-5-9-17-26,27-18-10-6-11-19-27)28-20-12-7-13-21-28;/h5-13,16-22H,14-15,23-24H2,1-4H3;1H/q+1;/p-1/b25-22+;. The first-order valence-electron chi connectivity index (χ1n) is 11.2. The van der Waals surface area contributed by atoms with E-state index in [-0.39, 0.29) is 22.6 Å². The third-order valence-corrected chi connectivity index (χ3v) is 10.5. The number of rotatable bonds is 10. The fraction of sp³-hybridized carbons (Fsp3) is 0.310. The van der Waals surface area contributed by atoms with Gasteiger partial charge in [0.05, 0.1) is 11.8 Å². The van der Waals surface area contributed by atoms with E-state index in [0.717, 1.165) is 25.4 Å². The van der Waals surface area contributed by atoms with Crippen LogP contribution in [0, 0.1) is 0 Å². The minimum absolute atomic E-state index is 0. The summed E-state index contributed by atoms with van der Waals surface area (Å²) in [7, 11) is 0.0280. The molecule has 0 bridgehead atoms. The minimum Gasteiger partial charge on any atom is -1.00 e. The van der Waals surface area contributed by atoms with Gasteiger partial charge in [-0.15, -0.1) is 0 Å². The summed E-state index contributed by atoms with van der Waals surface area (Å²) in [4.78, 5) is 0. The van der Waals surface area contributed by atoms with Crippen LogP contribution in [-0.2, 0) is 4.74 Å². The molecule has 1 nitrogen and oxygen atoms in total. The van der Waals surface area contributed by atoms with E-state index in [4.69, 9.17) is 4.74 Å². The summed E-state index contributed by atoms with van der Waals surface area (Å²) in [5.74, 6) is 0. The Morgan fingerprint density at radius 2 is 1.19 bits per heavy atom. The molecule has 170 valence electrons. The fourth-order valence-corrected chi connectivity index (χ4v) is 8.26. The highest BCUT2D eigenvalue weighted by atomic mass is 79.9. The van der Waals surface area contributed by atoms with Crippen LogP contribution in [-0.4, -0.2) is 18.9 Å². The number of methoxy groups -OCH3 is 1. The van der Waals surface area contributed by atoms with Crippen LogP contribution in [0.15, 0.2) is 103 Å². The summed E-state index contributed by atoms with van der Waals surface area (Å²) in [6.45, 7) is 6.63. The first-order valence-corrected chi connectivity index (χ1v) is 13.2. The maximum absolute atomic E-state index is 5.59. The molecule has 3 aromatic rings. The van der Waals surface area contributed by atoms with E-state index < -0.39 is 7.26 Å². The first-order chi connectivity index (χ1) is 15.0. The van der Waals surface area contributed by atoms with Crippen molar-refractivity contribution in [3.63, 3.8) is 0 Å². The summed E-state index contributed by atoms with van der Waals surface area (Å²) in [5.41, 5.74) is 1.42. The van der Waals surface area contributed by atoms with Gasteiger partial charge in [-0.2, -0.15) is 0 Å². The van der Waals surface area contributed by atoms with Crippen LogP contribution < -0.4 is 32.9 Å². The predicted molar refractivity (Wildman–Crippen MR) is 139 cm³/mol. The average molecular weight is 511 g/mol. The molecule has 0 N–H and O–H groups in total. The molecule has 0 saturated heterocycles. The maximum Gasteiger partial charge on any atom is 0.115 e. The molecule has 0 amide bonds. The van der Waals surface area contributed by atoms with Gasteiger partial charge in [0.2, 0.25) is 0 Å². The molecule has 3 heteroatoms. The Bertz CT molecular complexity index is 856. The molecule has 0 saturated carbocycles. The Morgan fingerprint density at radius 3 is 1.56 bits per heavy atom. The van der Waals surface area contributed by atoms with Gasteiger partial charge in [0.1, 0.15) is 23.2 Å². The highest BCUT2D eigenvalue weighted by Gasteiger charge is 2.44. The molecule has 0 atom stereocenters. The van der Waals surface area contributed by atoms with Crippen molar-refractivity contribution in [1.82, 2.24) is 0 Å². The highest BCUT2D eigenvalue weighted by Crippen LogP contribution is 2.55. The van der Waals surface area contributed by atoms with Crippen molar-refractivity contribution in [1.29, 1.82) is 0 Å². The van der Waals surface area contributed by atoms with Crippen molar-refractivity contribution in [2.24, 2.45) is 0 Å². The number of allylic oxidation sites excluding steroid dienone is 2. The lowest BCUT2D eigenvalue weighted by molar-refractivity contribution is -0.0000263. The average Bonchev–Trinajstić information content (AvgIpc) is 2.81. The van der Waals surface area contributed by atoms with Crippen molar-refractivity contribution >= 4 is 23.2 Å². The number of hydrogen-bond donors (Lipinski definition) is 0. The van der Waals surface area contributed by atoms with Gasteiger partial charge < -0.3 is 21.7 Å². The number of ether oxygens (including phenoxy) is 1. The van der Waals surface area contributed by atoms with Crippen LogP contribution in [0.4, 0.5) is 0 Å². The fourth-order valence-electron chi connectivity index (χ4n) is 4.10. The van der Waals surface area contributed by atoms with Crippen molar-refractivity contribution in [2.75, 3.05) is 13.3 Å². The molecule has 0 aliphatic rings. The maximum atomic E-state index is 5.59. The van der Waals surface area contributed by atoms with Gasteiger partial charge in [-0.3, -0.25) is 0 Å². The van der Waals surface area contributed by atoms with E-state index >= 15 is 0 Å². The van der Waals surface area contributed by atoms with Crippen LogP contribution >= 0.6 is 7.26 Å². The van der Waals surface area contributed by atoms with E-state index in [0.29, 0.717) is 0 Å². The van der Waals surface area contributed by atoms with E-state index in [2.05, 4.69) is 118 Å². The Labute approximate surface area is 206 Å². The third-order valence-electron chi connectivity index (χ3n) is 6.21. The Balaban J connectivity index is 0.00000363. The molecule has 0 aliphatic heterocycles. The van der Waals surface area contributed by atoms with Crippen molar-refractivity contribution in [3.8, 4) is 0 Å². The largest absolute Gasteiger partial charge is 1.00 e. The number of halogens is 1. The van der Waals surface area contributed by atoms with Gasteiger partial charge in [-0.05, 0) is 82.5 Å². The topological polar surface area (TPSA) is 9.23 Å². The highest BCUT2D eigenvalue weighted by molar-refractivity contribution is 7.95. The zero-order valence-corrected chi connectivity index (χ0v) is 22.3. The summed E-state index contributed by atoms with van der Waals surface area (Å²) >= 11 is 0. The van der Waals surface area contributed by atoms with Crippen molar-refractivity contribution in [2.45, 2.75) is 45.6 Å². The Hall–Kier alpha value is -1.73. The monoisotopic (exact) mass is 510 g/mol. The SMILES string of the molecule is COC(C)(C)CCC/C(C)=C/C[P+](c1ccccc1)(c1ccccc1)c1ccccc1.[Br-]. The Morgan fingerprint density at radius 1 is 0.781 bits per heavy atom. The molecule has 32 heavy (non-hydrogen) atoms. The lowest BCUT2D eigenvalue weighted by atomic mass is 9.99. The molecule has 3 rings (SSSR count). The summed E-state index contributed by atoms with van der Waals surface area (Å²) in [5, 5.41) is 4.32. The van der Waals surface area contributed by atoms with Crippen molar-refractivity contribution < 1.29 is 21.7 Å². The number of hydrogen-bond acceptors (Lipinski definition) is 1. The third kappa shape index (κ3) is 6.64. The van der Waals surface area contributed by atoms with Crippen LogP contribution in [0.5, 0.6) is 0 Å². The van der Waals surface area contributed by atoms with Crippen molar-refractivity contribution in [3.05, 3.63) is 103 Å². The molecule has 0 unspecified atom stereocenters. The summed E-state index contributed by atoms with van der Waals surface area (Å²) in [6, 6.07) is 33.3. The predicted octanol–water partition coefficient (Wildman–Crippen LogP) is 3.53. The molecule has 0 heterocycles. The van der Waals surface area contributed by atoms with Crippen LogP contribution in [0.2, 0.25) is 0 Å². The number of benzene rings is 3. The molecular formula is C29H36BrOP. The van der Waals surface area contributed by atoms with Crippen LogP contribution in [0.3, 0.4) is 0 Å². The second-order valence-corrected chi connectivity index (χ2v) is 12.4. The van der Waals surface area contributed by atoms with Crippen LogP contribution in [0.1, 0.15) is 40.0 Å². The van der Waals surface area contributed by atoms with Gasteiger partial charge in [-0.25, -0.2) is 0 Å². The lowest BCUT2D eigenvalue weighted by Crippen LogP contribution is -3.00. The normalized spacial score (nSPS) is 12.3. The van der Waals surface area contributed by atoms with Gasteiger partial charge in [-0.1, -0.05) is 60.2 Å². The zero-order valence-electron chi connectivity index (χ0n) is 19.8. The molecule has 0 aliphatic carbocycles. The van der Waals surface area contributed by atoms with Gasteiger partial charge in [0.25, 0.3) is 0 Å². The van der Waals surface area contributed by atoms with E-state index in [9.17, 15) is 0 Å². The van der Waals surface area contributed by atoms with E-state index in [1.54, 1.807) is 7.11 Å². The molecule has 0 spiro atoms. The van der Waals surface area contributed by atoms with Gasteiger partial charge in [0, 0.05) is 7.11 Å². The second-order valence-electron chi connectivity index (χ2n) is 8.87. The van der Waals surface area contributed by atoms with E-state index in [1.807, 2.05) is 0 Å². The first kappa shape index (κ1) is 26.5. The summed E-state index contributed by atoms with van der Waals surface area (Å²) in [6.07, 6.45) is 6.89. The molecule has 0 fully saturated rings. The lowest BCUT2D eigenvalue weighted by Gasteiger charge is -2.27. The van der Waals surface area contributed by atoms with Crippen LogP contribution in [0.25, 0.3) is 0 Å². The molecular weight excluding hydrogens is 475 g/mol. The smallest absolute Gasteiger partial charge is 0.115 e. The molecule has 0 radical (unpaired) electrons. The Kier molecular flexibility index (Phi) is 10.4. The molecule has 3 aromatic carbocycles. The molecule has 0 aromatic heterocycles. The quantitative estimate of drug-likeness (QED) is 0.299. The second kappa shape index (κ2) is 12.5. The summed E-state index contributed by atoms with van der Waals surface area (Å²) < 4.78 is 5.59. The van der Waals surface area contributed by atoms with E-state index in [1.165, 1.54) is 21.5 Å².